The fourth-order valence-corrected chi connectivity index (χ4v) is 5.02. The first-order valence-electron chi connectivity index (χ1n) is 8.42. The first-order valence-corrected chi connectivity index (χ1v) is 9.85. The van der Waals surface area contributed by atoms with Crippen LogP contribution in [0.4, 0.5) is 4.39 Å². The summed E-state index contributed by atoms with van der Waals surface area (Å²) >= 11 is 7.22. The molecule has 3 saturated carbocycles. The zero-order valence-electron chi connectivity index (χ0n) is 13.9. The molecular weight excluding hydrogens is 381 g/mol. The molecule has 1 atom stereocenters. The maximum atomic E-state index is 13.4. The van der Waals surface area contributed by atoms with Crippen LogP contribution in [0.1, 0.15) is 19.3 Å². The standard InChI is InChI=1S/C17H19ClFN3O3S/c18-11-2-1-10(3-12(11)19)25-5-14(23)21-16-6-17(7-16,8-16)22-15(24)13-4-20-9-26-13/h1-3,13,20H,4-9H2,(H,21,23)(H,22,24). The third kappa shape index (κ3) is 3.37. The first-order chi connectivity index (χ1) is 12.4. The molecule has 140 valence electrons. The van der Waals surface area contributed by atoms with Crippen LogP contribution in [0.5, 0.6) is 5.75 Å². The van der Waals surface area contributed by atoms with Crippen LogP contribution >= 0.6 is 23.4 Å². The number of benzene rings is 1. The summed E-state index contributed by atoms with van der Waals surface area (Å²) in [6.45, 7) is 0.518. The Bertz CT molecular complexity index is 737. The van der Waals surface area contributed by atoms with Gasteiger partial charge in [0, 0.05) is 29.6 Å². The van der Waals surface area contributed by atoms with Crippen molar-refractivity contribution in [2.75, 3.05) is 19.0 Å². The third-order valence-electron chi connectivity index (χ3n) is 5.09. The second-order valence-corrected chi connectivity index (χ2v) is 8.85. The minimum Gasteiger partial charge on any atom is -0.484 e. The van der Waals surface area contributed by atoms with Crippen molar-refractivity contribution in [1.29, 1.82) is 0 Å². The molecule has 3 N–H and O–H groups in total. The second-order valence-electron chi connectivity index (χ2n) is 7.25. The highest BCUT2D eigenvalue weighted by Gasteiger charge is 2.69. The summed E-state index contributed by atoms with van der Waals surface area (Å²) in [5.74, 6) is 0.300. The molecule has 4 aliphatic rings. The minimum absolute atomic E-state index is 0.00907. The largest absolute Gasteiger partial charge is 0.484 e. The van der Waals surface area contributed by atoms with E-state index in [1.54, 1.807) is 11.8 Å². The molecule has 0 radical (unpaired) electrons. The topological polar surface area (TPSA) is 79.5 Å². The molecule has 1 aromatic carbocycles. The lowest BCUT2D eigenvalue weighted by Gasteiger charge is -2.70. The Balaban J connectivity index is 1.21. The van der Waals surface area contributed by atoms with Crippen LogP contribution < -0.4 is 20.7 Å². The van der Waals surface area contributed by atoms with Crippen molar-refractivity contribution in [3.63, 3.8) is 0 Å². The summed E-state index contributed by atoms with van der Waals surface area (Å²) < 4.78 is 18.7. The van der Waals surface area contributed by atoms with Crippen molar-refractivity contribution in [3.05, 3.63) is 29.0 Å². The van der Waals surface area contributed by atoms with Crippen molar-refractivity contribution in [3.8, 4) is 5.75 Å². The van der Waals surface area contributed by atoms with Gasteiger partial charge in [0.25, 0.3) is 5.91 Å². The maximum Gasteiger partial charge on any atom is 0.258 e. The average molecular weight is 400 g/mol. The Morgan fingerprint density at radius 1 is 1.31 bits per heavy atom. The molecule has 0 spiro atoms. The minimum atomic E-state index is -0.586. The number of amides is 2. The van der Waals surface area contributed by atoms with Gasteiger partial charge in [-0.2, -0.15) is 0 Å². The summed E-state index contributed by atoms with van der Waals surface area (Å²) in [6.07, 6.45) is 2.24. The van der Waals surface area contributed by atoms with Gasteiger partial charge in [0.2, 0.25) is 5.91 Å². The van der Waals surface area contributed by atoms with Gasteiger partial charge in [0.15, 0.2) is 6.61 Å². The first kappa shape index (κ1) is 17.9. The molecule has 1 heterocycles. The summed E-state index contributed by atoms with van der Waals surface area (Å²) in [5, 5.41) is 9.24. The molecular formula is C17H19ClFN3O3S. The molecule has 1 aliphatic heterocycles. The van der Waals surface area contributed by atoms with E-state index in [2.05, 4.69) is 16.0 Å². The molecule has 5 rings (SSSR count). The van der Waals surface area contributed by atoms with Gasteiger partial charge in [-0.05, 0) is 31.4 Å². The number of thioether (sulfide) groups is 1. The van der Waals surface area contributed by atoms with Crippen molar-refractivity contribution in [2.24, 2.45) is 0 Å². The van der Waals surface area contributed by atoms with Gasteiger partial charge < -0.3 is 20.7 Å². The molecule has 4 fully saturated rings. The molecule has 9 heteroatoms. The fraction of sp³-hybridized carbons (Fsp3) is 0.529. The van der Waals surface area contributed by atoms with Crippen molar-refractivity contribution in [2.45, 2.75) is 35.6 Å². The van der Waals surface area contributed by atoms with E-state index in [-0.39, 0.29) is 45.5 Å². The molecule has 1 aromatic rings. The molecule has 6 nitrogen and oxygen atoms in total. The van der Waals surface area contributed by atoms with E-state index in [1.165, 1.54) is 12.1 Å². The highest BCUT2D eigenvalue weighted by Crippen LogP contribution is 2.60. The molecule has 3 aliphatic carbocycles. The van der Waals surface area contributed by atoms with Crippen molar-refractivity contribution >= 4 is 35.2 Å². The Morgan fingerprint density at radius 2 is 2.04 bits per heavy atom. The van der Waals surface area contributed by atoms with Crippen LogP contribution in [0.2, 0.25) is 5.02 Å². The zero-order valence-corrected chi connectivity index (χ0v) is 15.5. The number of hydrogen-bond acceptors (Lipinski definition) is 5. The van der Waals surface area contributed by atoms with Crippen LogP contribution in [0, 0.1) is 5.82 Å². The monoisotopic (exact) mass is 399 g/mol. The van der Waals surface area contributed by atoms with Crippen LogP contribution in [0.3, 0.4) is 0 Å². The van der Waals surface area contributed by atoms with Gasteiger partial charge in [-0.25, -0.2) is 4.39 Å². The number of rotatable bonds is 6. The predicted molar refractivity (Wildman–Crippen MR) is 96.8 cm³/mol. The van der Waals surface area contributed by atoms with E-state index in [0.717, 1.165) is 31.2 Å². The van der Waals surface area contributed by atoms with Gasteiger partial charge >= 0.3 is 0 Å². The van der Waals surface area contributed by atoms with Gasteiger partial charge in [-0.1, -0.05) is 11.6 Å². The summed E-state index contributed by atoms with van der Waals surface area (Å²) in [4.78, 5) is 24.3. The molecule has 1 saturated heterocycles. The zero-order chi connectivity index (χ0) is 18.4. The van der Waals surface area contributed by atoms with Crippen molar-refractivity contribution in [1.82, 2.24) is 16.0 Å². The number of nitrogens with one attached hydrogen (secondary N) is 3. The van der Waals surface area contributed by atoms with Gasteiger partial charge in [-0.15, -0.1) is 11.8 Å². The predicted octanol–water partition coefficient (Wildman–Crippen LogP) is 1.43. The maximum absolute atomic E-state index is 13.4. The Labute approximate surface area is 159 Å². The van der Waals surface area contributed by atoms with Gasteiger partial charge in [0.05, 0.1) is 10.3 Å². The fourth-order valence-electron chi connectivity index (χ4n) is 4.02. The normalized spacial score (nSPS) is 31.5. The Kier molecular flexibility index (Phi) is 4.53. The quantitative estimate of drug-likeness (QED) is 0.674. The summed E-state index contributed by atoms with van der Waals surface area (Å²) in [6, 6.07) is 4.05. The molecule has 1 unspecified atom stereocenters. The summed E-state index contributed by atoms with van der Waals surface area (Å²) in [5.41, 5.74) is -0.395. The van der Waals surface area contributed by atoms with E-state index in [9.17, 15) is 14.0 Å². The highest BCUT2D eigenvalue weighted by molar-refractivity contribution is 8.00. The summed E-state index contributed by atoms with van der Waals surface area (Å²) in [7, 11) is 0. The van der Waals surface area contributed by atoms with Gasteiger partial charge in [0.1, 0.15) is 11.6 Å². The molecule has 2 bridgehead atoms. The third-order valence-corrected chi connectivity index (χ3v) is 6.55. The SMILES string of the molecule is O=C(COc1ccc(Cl)c(F)c1)NC12CC(NC(=O)C3CNCS3)(C1)C2. The molecule has 0 aromatic heterocycles. The van der Waals surface area contributed by atoms with Crippen molar-refractivity contribution < 1.29 is 18.7 Å². The Hall–Kier alpha value is -1.51. The molecule has 26 heavy (non-hydrogen) atoms. The van der Waals surface area contributed by atoms with E-state index < -0.39 is 5.82 Å². The van der Waals surface area contributed by atoms with E-state index >= 15 is 0 Å². The lowest BCUT2D eigenvalue weighted by molar-refractivity contribution is -0.150. The van der Waals surface area contributed by atoms with Crippen LogP contribution in [-0.4, -0.2) is 47.2 Å². The smallest absolute Gasteiger partial charge is 0.258 e. The van der Waals surface area contributed by atoms with Crippen LogP contribution in [0.25, 0.3) is 0 Å². The lowest BCUT2D eigenvalue weighted by Crippen LogP contribution is -2.84. The van der Waals surface area contributed by atoms with Crippen LogP contribution in [0.15, 0.2) is 18.2 Å². The highest BCUT2D eigenvalue weighted by atomic mass is 35.5. The number of carbonyl (C=O) groups excluding carboxylic acids is 2. The lowest BCUT2D eigenvalue weighted by atomic mass is 9.44. The number of hydrogen-bond donors (Lipinski definition) is 3. The molecule has 2 amide bonds. The number of halogens is 2. The van der Waals surface area contributed by atoms with Gasteiger partial charge in [-0.3, -0.25) is 9.59 Å². The van der Waals surface area contributed by atoms with E-state index in [4.69, 9.17) is 16.3 Å². The second kappa shape index (κ2) is 6.58. The number of ether oxygens (including phenoxy) is 1. The van der Waals surface area contributed by atoms with E-state index in [1.807, 2.05) is 0 Å². The van der Waals surface area contributed by atoms with E-state index in [0.29, 0.717) is 6.54 Å². The average Bonchev–Trinajstić information content (AvgIpc) is 3.07. The Morgan fingerprint density at radius 3 is 2.69 bits per heavy atom. The number of carbonyl (C=O) groups is 2. The van der Waals surface area contributed by atoms with Crippen LogP contribution in [-0.2, 0) is 9.59 Å².